The summed E-state index contributed by atoms with van der Waals surface area (Å²) in [4.78, 5) is 12.6. The average molecular weight is 287 g/mol. The maximum atomic E-state index is 12.6. The Morgan fingerprint density at radius 2 is 2.29 bits per heavy atom. The lowest BCUT2D eigenvalue weighted by molar-refractivity contribution is 0.0698. The van der Waals surface area contributed by atoms with Crippen molar-refractivity contribution >= 4 is 16.9 Å². The molecule has 0 bridgehead atoms. The number of aliphatic hydroxyl groups is 1. The molecule has 2 atom stereocenters. The first-order chi connectivity index (χ1) is 10.1. The van der Waals surface area contributed by atoms with E-state index in [1.54, 1.807) is 0 Å². The number of aliphatic hydroxyl groups excluding tert-OH is 1. The third kappa shape index (κ3) is 2.68. The van der Waals surface area contributed by atoms with Crippen molar-refractivity contribution in [3.63, 3.8) is 0 Å². The molecular weight excluding hydrogens is 266 g/mol. The van der Waals surface area contributed by atoms with Crippen LogP contribution in [0.4, 0.5) is 0 Å². The minimum atomic E-state index is -0.493. The molecule has 4 heteroatoms. The van der Waals surface area contributed by atoms with Crippen molar-refractivity contribution < 1.29 is 14.3 Å². The predicted octanol–water partition coefficient (Wildman–Crippen LogP) is 3.10. The Hall–Kier alpha value is -1.81. The monoisotopic (exact) mass is 287 g/mol. The van der Waals surface area contributed by atoms with E-state index in [4.69, 9.17) is 4.42 Å². The largest absolute Gasteiger partial charge is 0.463 e. The molecule has 1 saturated carbocycles. The molecule has 1 fully saturated rings. The average Bonchev–Trinajstić information content (AvgIpc) is 2.91. The van der Waals surface area contributed by atoms with Crippen LogP contribution < -0.4 is 5.32 Å². The number of para-hydroxylation sites is 1. The maximum Gasteiger partial charge on any atom is 0.255 e. The van der Waals surface area contributed by atoms with Crippen molar-refractivity contribution in [2.75, 3.05) is 6.61 Å². The Balaban J connectivity index is 1.85. The summed E-state index contributed by atoms with van der Waals surface area (Å²) in [7, 11) is 0. The summed E-state index contributed by atoms with van der Waals surface area (Å²) in [6.45, 7) is 2.15. The number of benzene rings is 1. The molecule has 21 heavy (non-hydrogen) atoms. The van der Waals surface area contributed by atoms with Crippen molar-refractivity contribution in [2.24, 2.45) is 5.92 Å². The minimum absolute atomic E-state index is 0.0150. The maximum absolute atomic E-state index is 12.6. The van der Waals surface area contributed by atoms with Crippen molar-refractivity contribution in [2.45, 2.75) is 38.1 Å². The zero-order valence-electron chi connectivity index (χ0n) is 12.3. The fourth-order valence-corrected chi connectivity index (χ4v) is 3.42. The van der Waals surface area contributed by atoms with Crippen LogP contribution in [0, 0.1) is 5.92 Å². The van der Waals surface area contributed by atoms with Gasteiger partial charge in [-0.2, -0.15) is 0 Å². The molecule has 1 aromatic carbocycles. The molecule has 0 spiro atoms. The van der Waals surface area contributed by atoms with Gasteiger partial charge in [0.2, 0.25) is 0 Å². The number of nitrogens with one attached hydrogen (secondary N) is 1. The SMILES string of the molecule is CC1CCCC(CO)(NC(=O)c2coc3ccccc23)C1. The van der Waals surface area contributed by atoms with Crippen LogP contribution >= 0.6 is 0 Å². The van der Waals surface area contributed by atoms with Crippen molar-refractivity contribution in [3.8, 4) is 0 Å². The van der Waals surface area contributed by atoms with Gasteiger partial charge in [-0.05, 0) is 24.8 Å². The lowest BCUT2D eigenvalue weighted by Gasteiger charge is -2.39. The summed E-state index contributed by atoms with van der Waals surface area (Å²) in [5, 5.41) is 13.7. The fourth-order valence-electron chi connectivity index (χ4n) is 3.42. The lowest BCUT2D eigenvalue weighted by Crippen LogP contribution is -2.53. The molecule has 112 valence electrons. The Bertz CT molecular complexity index is 648. The summed E-state index contributed by atoms with van der Waals surface area (Å²) in [6, 6.07) is 7.49. The Kier molecular flexibility index (Phi) is 3.72. The van der Waals surface area contributed by atoms with E-state index in [9.17, 15) is 9.90 Å². The van der Waals surface area contributed by atoms with Gasteiger partial charge < -0.3 is 14.8 Å². The topological polar surface area (TPSA) is 62.5 Å². The molecule has 1 aliphatic rings. The second-order valence-corrected chi connectivity index (χ2v) is 6.24. The fraction of sp³-hybridized carbons (Fsp3) is 0.471. The quantitative estimate of drug-likeness (QED) is 0.911. The molecule has 1 aromatic heterocycles. The van der Waals surface area contributed by atoms with E-state index < -0.39 is 5.54 Å². The first-order valence-corrected chi connectivity index (χ1v) is 7.53. The standard InChI is InChI=1S/C17H21NO3/c1-12-5-4-8-17(9-12,11-19)18-16(20)14-10-21-15-7-3-2-6-13(14)15/h2-3,6-7,10,12,19H,4-5,8-9,11H2,1H3,(H,18,20). The second kappa shape index (κ2) is 5.53. The first-order valence-electron chi connectivity index (χ1n) is 7.53. The zero-order valence-corrected chi connectivity index (χ0v) is 12.3. The highest BCUT2D eigenvalue weighted by molar-refractivity contribution is 6.06. The van der Waals surface area contributed by atoms with Gasteiger partial charge in [-0.15, -0.1) is 0 Å². The van der Waals surface area contributed by atoms with Crippen LogP contribution in [-0.2, 0) is 0 Å². The van der Waals surface area contributed by atoms with E-state index in [0.717, 1.165) is 31.1 Å². The van der Waals surface area contributed by atoms with Crippen LogP contribution in [0.25, 0.3) is 11.0 Å². The van der Waals surface area contributed by atoms with E-state index >= 15 is 0 Å². The first kappa shape index (κ1) is 14.1. The molecular formula is C17H21NO3. The molecule has 2 N–H and O–H groups in total. The minimum Gasteiger partial charge on any atom is -0.463 e. The van der Waals surface area contributed by atoms with Gasteiger partial charge in [-0.1, -0.05) is 38.0 Å². The number of carbonyl (C=O) groups is 1. The van der Waals surface area contributed by atoms with E-state index in [2.05, 4.69) is 12.2 Å². The highest BCUT2D eigenvalue weighted by Crippen LogP contribution is 2.32. The van der Waals surface area contributed by atoms with Crippen molar-refractivity contribution in [1.29, 1.82) is 0 Å². The molecule has 4 nitrogen and oxygen atoms in total. The Morgan fingerprint density at radius 3 is 3.05 bits per heavy atom. The molecule has 3 rings (SSSR count). The zero-order chi connectivity index (χ0) is 14.9. The third-order valence-electron chi connectivity index (χ3n) is 4.50. The molecule has 1 aliphatic carbocycles. The predicted molar refractivity (Wildman–Crippen MR) is 81.1 cm³/mol. The van der Waals surface area contributed by atoms with E-state index in [0.29, 0.717) is 17.1 Å². The molecule has 0 aliphatic heterocycles. The number of fused-ring (bicyclic) bond motifs is 1. The molecule has 1 heterocycles. The van der Waals surface area contributed by atoms with Crippen molar-refractivity contribution in [1.82, 2.24) is 5.32 Å². The number of furan rings is 1. The number of rotatable bonds is 3. The van der Waals surface area contributed by atoms with Gasteiger partial charge in [0, 0.05) is 5.39 Å². The summed E-state index contributed by atoms with van der Waals surface area (Å²) in [5.41, 5.74) is 0.752. The summed E-state index contributed by atoms with van der Waals surface area (Å²) in [6.07, 6.45) is 5.35. The van der Waals surface area contributed by atoms with Crippen LogP contribution in [-0.4, -0.2) is 23.2 Å². The van der Waals surface area contributed by atoms with Crippen LogP contribution in [0.3, 0.4) is 0 Å². The third-order valence-corrected chi connectivity index (χ3v) is 4.50. The van der Waals surface area contributed by atoms with Crippen LogP contribution in [0.1, 0.15) is 43.0 Å². The molecule has 2 unspecified atom stereocenters. The molecule has 2 aromatic rings. The smallest absolute Gasteiger partial charge is 0.255 e. The highest BCUT2D eigenvalue weighted by Gasteiger charge is 2.36. The lowest BCUT2D eigenvalue weighted by atomic mass is 9.76. The molecule has 1 amide bonds. The highest BCUT2D eigenvalue weighted by atomic mass is 16.3. The van der Waals surface area contributed by atoms with Gasteiger partial charge >= 0.3 is 0 Å². The number of hydrogen-bond donors (Lipinski definition) is 2. The van der Waals surface area contributed by atoms with Gasteiger partial charge in [-0.3, -0.25) is 4.79 Å². The van der Waals surface area contributed by atoms with Gasteiger partial charge in [-0.25, -0.2) is 0 Å². The van der Waals surface area contributed by atoms with Gasteiger partial charge in [0.25, 0.3) is 5.91 Å². The second-order valence-electron chi connectivity index (χ2n) is 6.24. The normalized spacial score (nSPS) is 25.9. The van der Waals surface area contributed by atoms with Gasteiger partial charge in [0.05, 0.1) is 17.7 Å². The van der Waals surface area contributed by atoms with Crippen molar-refractivity contribution in [3.05, 3.63) is 36.1 Å². The summed E-state index contributed by atoms with van der Waals surface area (Å²) < 4.78 is 5.42. The van der Waals surface area contributed by atoms with Crippen LogP contribution in [0.15, 0.2) is 34.9 Å². The van der Waals surface area contributed by atoms with Crippen LogP contribution in [0.2, 0.25) is 0 Å². The van der Waals surface area contributed by atoms with Gasteiger partial charge in [0.15, 0.2) is 0 Å². The van der Waals surface area contributed by atoms with E-state index in [1.807, 2.05) is 24.3 Å². The summed E-state index contributed by atoms with van der Waals surface area (Å²) in [5.74, 6) is 0.357. The van der Waals surface area contributed by atoms with E-state index in [1.165, 1.54) is 6.26 Å². The Morgan fingerprint density at radius 1 is 1.48 bits per heavy atom. The molecule has 0 radical (unpaired) electrons. The molecule has 0 saturated heterocycles. The van der Waals surface area contributed by atoms with Gasteiger partial charge in [0.1, 0.15) is 11.8 Å². The number of carbonyl (C=O) groups excluding carboxylic acids is 1. The van der Waals surface area contributed by atoms with Crippen LogP contribution in [0.5, 0.6) is 0 Å². The number of hydrogen-bond acceptors (Lipinski definition) is 3. The number of amides is 1. The van der Waals surface area contributed by atoms with E-state index in [-0.39, 0.29) is 12.5 Å². The Labute approximate surface area is 124 Å². The summed E-state index contributed by atoms with van der Waals surface area (Å²) >= 11 is 0.